The lowest BCUT2D eigenvalue weighted by molar-refractivity contribution is -0.302. The van der Waals surface area contributed by atoms with E-state index in [0.717, 1.165) is 109 Å². The summed E-state index contributed by atoms with van der Waals surface area (Å²) in [6.07, 6.45) is 99.2. The van der Waals surface area contributed by atoms with Gasteiger partial charge in [0.05, 0.1) is 25.4 Å². The van der Waals surface area contributed by atoms with Crippen LogP contribution in [0, 0.1) is 0 Å². The second kappa shape index (κ2) is 67.7. The Balaban J connectivity index is 2.20. The molecule has 1 rings (SSSR count). The molecule has 0 aliphatic carbocycles. The number of ether oxygens (including phenoxy) is 2. The van der Waals surface area contributed by atoms with Gasteiger partial charge < -0.3 is 40.3 Å². The summed E-state index contributed by atoms with van der Waals surface area (Å²) in [5.41, 5.74) is 0. The van der Waals surface area contributed by atoms with Crippen molar-refractivity contribution in [2.75, 3.05) is 13.2 Å². The van der Waals surface area contributed by atoms with Crippen molar-refractivity contribution in [2.24, 2.45) is 0 Å². The van der Waals surface area contributed by atoms with E-state index >= 15 is 0 Å². The van der Waals surface area contributed by atoms with Crippen LogP contribution < -0.4 is 5.32 Å². The number of amides is 1. The summed E-state index contributed by atoms with van der Waals surface area (Å²) in [6, 6.07) is -0.842. The fraction of sp³-hybridized carbons (Fsp3) is 0.667. The highest BCUT2D eigenvalue weighted by Gasteiger charge is 2.44. The van der Waals surface area contributed by atoms with Crippen LogP contribution in [-0.2, 0) is 14.3 Å². The van der Waals surface area contributed by atoms with E-state index in [1.54, 1.807) is 6.08 Å². The van der Waals surface area contributed by atoms with Crippen molar-refractivity contribution in [3.63, 3.8) is 0 Å². The van der Waals surface area contributed by atoms with Crippen LogP contribution in [0.5, 0.6) is 0 Å². The normalized spacial score (nSPS) is 18.8. The van der Waals surface area contributed by atoms with Gasteiger partial charge in [-0.25, -0.2) is 0 Å². The third-order valence-electron chi connectivity index (χ3n) is 16.4. The van der Waals surface area contributed by atoms with Gasteiger partial charge in [0, 0.05) is 6.42 Å². The summed E-state index contributed by atoms with van der Waals surface area (Å²) in [5, 5.41) is 54.8. The monoisotopic (exact) mass is 1250 g/mol. The summed E-state index contributed by atoms with van der Waals surface area (Å²) >= 11 is 0. The Morgan fingerprint density at radius 3 is 1.02 bits per heavy atom. The third kappa shape index (κ3) is 55.4. The molecule has 512 valence electrons. The molecule has 0 aromatic heterocycles. The van der Waals surface area contributed by atoms with Crippen molar-refractivity contribution < 1.29 is 39.8 Å². The molecular weight excluding hydrogens is 1110 g/mol. The van der Waals surface area contributed by atoms with E-state index in [1.165, 1.54) is 154 Å². The second-order valence-electron chi connectivity index (χ2n) is 24.7. The summed E-state index contributed by atoms with van der Waals surface area (Å²) in [7, 11) is 0. The van der Waals surface area contributed by atoms with Gasteiger partial charge in [0.15, 0.2) is 6.29 Å². The highest BCUT2D eigenvalue weighted by Crippen LogP contribution is 2.23. The van der Waals surface area contributed by atoms with Crippen LogP contribution in [0.25, 0.3) is 0 Å². The maximum Gasteiger partial charge on any atom is 0.220 e. The van der Waals surface area contributed by atoms with Gasteiger partial charge >= 0.3 is 0 Å². The van der Waals surface area contributed by atoms with Gasteiger partial charge in [0.25, 0.3) is 0 Å². The average Bonchev–Trinajstić information content (AvgIpc) is 2.75. The minimum atomic E-state index is -1.59. The molecule has 0 bridgehead atoms. The number of carbonyl (C=O) groups is 1. The minimum Gasteiger partial charge on any atom is -0.394 e. The van der Waals surface area contributed by atoms with E-state index in [4.69, 9.17) is 9.47 Å². The Morgan fingerprint density at radius 2 is 0.689 bits per heavy atom. The number of aliphatic hydroxyl groups is 5. The zero-order valence-electron chi connectivity index (χ0n) is 57.3. The molecule has 1 fully saturated rings. The Kier molecular flexibility index (Phi) is 63.0. The smallest absolute Gasteiger partial charge is 0.220 e. The first-order valence-corrected chi connectivity index (χ1v) is 36.7. The van der Waals surface area contributed by atoms with Gasteiger partial charge in [0.2, 0.25) is 5.91 Å². The van der Waals surface area contributed by atoms with E-state index < -0.39 is 49.5 Å². The van der Waals surface area contributed by atoms with Gasteiger partial charge in [-0.15, -0.1) is 0 Å². The fourth-order valence-corrected chi connectivity index (χ4v) is 10.7. The zero-order chi connectivity index (χ0) is 64.9. The lowest BCUT2D eigenvalue weighted by atomic mass is 9.99. The minimum absolute atomic E-state index is 0.215. The van der Waals surface area contributed by atoms with Crippen molar-refractivity contribution in [1.82, 2.24) is 5.32 Å². The highest BCUT2D eigenvalue weighted by atomic mass is 16.7. The van der Waals surface area contributed by atoms with E-state index in [2.05, 4.69) is 165 Å². The van der Waals surface area contributed by atoms with Crippen LogP contribution in [0.4, 0.5) is 0 Å². The molecule has 0 spiro atoms. The molecular formula is C81H135NO8. The third-order valence-corrected chi connectivity index (χ3v) is 16.4. The maximum atomic E-state index is 13.1. The number of carbonyl (C=O) groups excluding carboxylic acids is 1. The lowest BCUT2D eigenvalue weighted by Gasteiger charge is -2.40. The van der Waals surface area contributed by atoms with Gasteiger partial charge in [-0.2, -0.15) is 0 Å². The van der Waals surface area contributed by atoms with Crippen molar-refractivity contribution in [2.45, 2.75) is 333 Å². The van der Waals surface area contributed by atoms with Crippen molar-refractivity contribution in [1.29, 1.82) is 0 Å². The molecule has 0 aromatic rings. The molecule has 1 aliphatic heterocycles. The van der Waals surface area contributed by atoms with E-state index in [9.17, 15) is 30.3 Å². The van der Waals surface area contributed by atoms with Crippen LogP contribution in [0.3, 0.4) is 0 Å². The topological polar surface area (TPSA) is 149 Å². The van der Waals surface area contributed by atoms with Gasteiger partial charge in [0.1, 0.15) is 24.4 Å². The molecule has 90 heavy (non-hydrogen) atoms. The largest absolute Gasteiger partial charge is 0.394 e. The standard InChI is InChI=1S/C81H135NO8/c1-3-5-7-9-11-13-15-17-19-21-23-25-27-29-31-33-34-35-36-37-38-39-40-41-42-43-45-47-49-51-53-55-57-59-61-63-65-67-69-71-77(85)82-74(73-89-81-80(88)79(87)78(86)76(72-83)90-81)75(84)70-68-66-64-62-60-58-56-54-52-50-48-46-44-32-30-28-26-24-22-20-18-16-14-12-10-8-6-4-2/h5,7,11,13,17,19,23,25,29,31,34-35,37-38,40-41,43,45,49,51,55,57,61,63,68,70,74-76,78-81,83-84,86-88H,3-4,6,8-10,12,14-16,18,20-22,24,26-28,30,32-33,36,39,42,44,46-48,50,52-54,56,58-60,62,64-67,69,71-73H2,1-2H3,(H,82,85)/b7-5-,13-11-,19-17-,25-23-,31-29-,35-34-,38-37-,41-40-,45-43-,51-49-,57-55-,63-61-,70-68+. The summed E-state index contributed by atoms with van der Waals surface area (Å²) < 4.78 is 11.3. The fourth-order valence-electron chi connectivity index (χ4n) is 10.7. The van der Waals surface area contributed by atoms with Crippen molar-refractivity contribution in [3.05, 3.63) is 158 Å². The molecule has 0 radical (unpaired) electrons. The average molecular weight is 1250 g/mol. The Bertz CT molecular complexity index is 1980. The molecule has 7 unspecified atom stereocenters. The van der Waals surface area contributed by atoms with Crippen LogP contribution in [-0.4, -0.2) is 87.5 Å². The SMILES string of the molecule is CC/C=C\C/C=C\C/C=C\C/C=C\C/C=C\C/C=C\C/C=C\C/C=C\C/C=C\C/C=C\C/C=C\C/C=C\CCCCC(=O)NC(COC1OC(CO)C(O)C(O)C1O)C(O)/C=C/CCCCCCCCCCCCCCCCCCCCCCCCCCCC. The molecule has 7 atom stereocenters. The number of nitrogens with one attached hydrogen (secondary N) is 1. The molecule has 1 heterocycles. The number of hydrogen-bond donors (Lipinski definition) is 6. The molecule has 1 aliphatic rings. The Hall–Kier alpha value is -4.19. The summed E-state index contributed by atoms with van der Waals surface area (Å²) in [6.45, 7) is 3.66. The summed E-state index contributed by atoms with van der Waals surface area (Å²) in [5.74, 6) is -0.222. The van der Waals surface area contributed by atoms with Crippen LogP contribution in [0.2, 0.25) is 0 Å². The molecule has 9 nitrogen and oxygen atoms in total. The molecule has 9 heteroatoms. The highest BCUT2D eigenvalue weighted by molar-refractivity contribution is 5.76. The summed E-state index contributed by atoms with van der Waals surface area (Å²) in [4.78, 5) is 13.1. The number of hydrogen-bond acceptors (Lipinski definition) is 8. The van der Waals surface area contributed by atoms with Gasteiger partial charge in [-0.3, -0.25) is 4.79 Å². The number of unbranched alkanes of at least 4 members (excludes halogenated alkanes) is 28. The molecule has 0 aromatic carbocycles. The first kappa shape index (κ1) is 83.8. The molecule has 1 amide bonds. The van der Waals surface area contributed by atoms with E-state index in [0.29, 0.717) is 6.42 Å². The van der Waals surface area contributed by atoms with Crippen molar-refractivity contribution >= 4 is 5.91 Å². The van der Waals surface area contributed by atoms with Gasteiger partial charge in [-0.05, 0) is 109 Å². The number of rotatable bonds is 62. The zero-order valence-corrected chi connectivity index (χ0v) is 57.3. The predicted molar refractivity (Wildman–Crippen MR) is 386 cm³/mol. The second-order valence-corrected chi connectivity index (χ2v) is 24.7. The Morgan fingerprint density at radius 1 is 0.389 bits per heavy atom. The van der Waals surface area contributed by atoms with Crippen LogP contribution in [0.1, 0.15) is 290 Å². The van der Waals surface area contributed by atoms with E-state index in [-0.39, 0.29) is 18.9 Å². The van der Waals surface area contributed by atoms with Crippen LogP contribution >= 0.6 is 0 Å². The maximum absolute atomic E-state index is 13.1. The molecule has 6 N–H and O–H groups in total. The van der Waals surface area contributed by atoms with Crippen molar-refractivity contribution in [3.8, 4) is 0 Å². The lowest BCUT2D eigenvalue weighted by Crippen LogP contribution is -2.60. The Labute approximate surface area is 552 Å². The molecule has 1 saturated heterocycles. The number of aliphatic hydroxyl groups excluding tert-OH is 5. The van der Waals surface area contributed by atoms with Crippen LogP contribution in [0.15, 0.2) is 158 Å². The molecule has 0 saturated carbocycles. The first-order chi connectivity index (χ1) is 44.3. The quantitative estimate of drug-likeness (QED) is 0.0261. The first-order valence-electron chi connectivity index (χ1n) is 36.7. The van der Waals surface area contributed by atoms with Gasteiger partial charge in [-0.1, -0.05) is 332 Å². The predicted octanol–water partition coefficient (Wildman–Crippen LogP) is 20.7. The van der Waals surface area contributed by atoms with E-state index in [1.807, 2.05) is 6.08 Å². The number of allylic oxidation sites excluding steroid dienone is 25.